The van der Waals surface area contributed by atoms with Crippen LogP contribution < -0.4 is 20.1 Å². The van der Waals surface area contributed by atoms with Crippen LogP contribution in [0, 0.1) is 0 Å². The lowest BCUT2D eigenvalue weighted by atomic mass is 10.1. The van der Waals surface area contributed by atoms with E-state index in [-0.39, 0.29) is 24.0 Å². The molecule has 0 saturated heterocycles. The Balaban J connectivity index is 0.00000243. The SMILES string of the molecule is CN=C(NCCc1ccc2c(c1)CCO2)NCc1ccnc(OC)c1.I. The fourth-order valence-corrected chi connectivity index (χ4v) is 2.80. The highest BCUT2D eigenvalue weighted by molar-refractivity contribution is 14.0. The van der Waals surface area contributed by atoms with Crippen LogP contribution in [-0.2, 0) is 19.4 Å². The standard InChI is InChI=1S/C19H24N4O2.HI/c1-20-19(23-13-15-6-8-21-18(12-15)24-2)22-9-5-14-3-4-17-16(11-14)7-10-25-17;/h3-4,6,8,11-12H,5,7,9-10,13H2,1-2H3,(H2,20,22,23);1H. The number of rotatable bonds is 6. The molecule has 1 aliphatic rings. The van der Waals surface area contributed by atoms with Gasteiger partial charge in [0.15, 0.2) is 5.96 Å². The minimum absolute atomic E-state index is 0. The van der Waals surface area contributed by atoms with Crippen LogP contribution >= 0.6 is 24.0 Å². The largest absolute Gasteiger partial charge is 0.493 e. The Kier molecular flexibility index (Phi) is 7.96. The number of methoxy groups -OCH3 is 1. The van der Waals surface area contributed by atoms with Gasteiger partial charge in [-0.05, 0) is 35.2 Å². The fraction of sp³-hybridized carbons (Fsp3) is 0.368. The van der Waals surface area contributed by atoms with Gasteiger partial charge in [-0.15, -0.1) is 24.0 Å². The van der Waals surface area contributed by atoms with Crippen LogP contribution in [0.15, 0.2) is 41.5 Å². The summed E-state index contributed by atoms with van der Waals surface area (Å²) in [6.45, 7) is 2.28. The van der Waals surface area contributed by atoms with E-state index in [0.717, 1.165) is 43.3 Å². The molecule has 0 radical (unpaired) electrons. The number of aliphatic imine (C=N–C) groups is 1. The van der Waals surface area contributed by atoms with Crippen LogP contribution in [0.1, 0.15) is 16.7 Å². The summed E-state index contributed by atoms with van der Waals surface area (Å²) < 4.78 is 10.7. The smallest absolute Gasteiger partial charge is 0.213 e. The van der Waals surface area contributed by atoms with Gasteiger partial charge < -0.3 is 20.1 Å². The first-order valence-corrected chi connectivity index (χ1v) is 8.46. The maximum Gasteiger partial charge on any atom is 0.213 e. The number of hydrogen-bond acceptors (Lipinski definition) is 4. The highest BCUT2D eigenvalue weighted by atomic mass is 127. The maximum atomic E-state index is 5.55. The van der Waals surface area contributed by atoms with Gasteiger partial charge in [0.2, 0.25) is 5.88 Å². The van der Waals surface area contributed by atoms with Crippen molar-refractivity contribution in [3.05, 3.63) is 53.2 Å². The van der Waals surface area contributed by atoms with Gasteiger partial charge in [0.05, 0.1) is 13.7 Å². The van der Waals surface area contributed by atoms with Crippen LogP contribution in [0.4, 0.5) is 0 Å². The number of hydrogen-bond donors (Lipinski definition) is 2. The summed E-state index contributed by atoms with van der Waals surface area (Å²) in [5, 5.41) is 6.65. The summed E-state index contributed by atoms with van der Waals surface area (Å²) in [6, 6.07) is 10.3. The van der Waals surface area contributed by atoms with E-state index in [2.05, 4.69) is 38.8 Å². The number of fused-ring (bicyclic) bond motifs is 1. The molecular weight excluding hydrogens is 443 g/mol. The van der Waals surface area contributed by atoms with Crippen molar-refractivity contribution in [2.75, 3.05) is 27.3 Å². The molecular formula is C19H25IN4O2. The van der Waals surface area contributed by atoms with Gasteiger partial charge in [0.1, 0.15) is 5.75 Å². The van der Waals surface area contributed by atoms with Gasteiger partial charge in [-0.3, -0.25) is 4.99 Å². The molecule has 7 heteroatoms. The van der Waals surface area contributed by atoms with Crippen molar-refractivity contribution in [2.45, 2.75) is 19.4 Å². The number of nitrogens with zero attached hydrogens (tertiary/aromatic N) is 2. The quantitative estimate of drug-likeness (QED) is 0.388. The monoisotopic (exact) mass is 468 g/mol. The number of ether oxygens (including phenoxy) is 2. The third-order valence-corrected chi connectivity index (χ3v) is 4.15. The molecule has 3 rings (SSSR count). The van der Waals surface area contributed by atoms with E-state index in [4.69, 9.17) is 9.47 Å². The molecule has 1 aromatic heterocycles. The molecule has 0 bridgehead atoms. The molecule has 140 valence electrons. The lowest BCUT2D eigenvalue weighted by Gasteiger charge is -2.12. The van der Waals surface area contributed by atoms with E-state index in [1.54, 1.807) is 20.4 Å². The topological polar surface area (TPSA) is 67.8 Å². The van der Waals surface area contributed by atoms with E-state index in [1.165, 1.54) is 11.1 Å². The summed E-state index contributed by atoms with van der Waals surface area (Å²) >= 11 is 0. The summed E-state index contributed by atoms with van der Waals surface area (Å²) in [5.74, 6) is 2.42. The first kappa shape index (κ1) is 20.3. The normalized spacial score (nSPS) is 12.6. The van der Waals surface area contributed by atoms with E-state index in [1.807, 2.05) is 12.1 Å². The second kappa shape index (κ2) is 10.2. The zero-order chi connectivity index (χ0) is 17.5. The van der Waals surface area contributed by atoms with E-state index in [0.29, 0.717) is 12.4 Å². The van der Waals surface area contributed by atoms with Crippen molar-refractivity contribution < 1.29 is 9.47 Å². The predicted octanol–water partition coefficient (Wildman–Crippen LogP) is 2.55. The van der Waals surface area contributed by atoms with Crippen LogP contribution in [0.5, 0.6) is 11.6 Å². The van der Waals surface area contributed by atoms with Crippen molar-refractivity contribution in [3.8, 4) is 11.6 Å². The third kappa shape index (κ3) is 5.48. The van der Waals surface area contributed by atoms with Gasteiger partial charge in [-0.25, -0.2) is 4.98 Å². The summed E-state index contributed by atoms with van der Waals surface area (Å²) in [4.78, 5) is 8.37. The lowest BCUT2D eigenvalue weighted by Crippen LogP contribution is -2.37. The highest BCUT2D eigenvalue weighted by Crippen LogP contribution is 2.25. The van der Waals surface area contributed by atoms with Crippen molar-refractivity contribution in [3.63, 3.8) is 0 Å². The molecule has 0 spiro atoms. The van der Waals surface area contributed by atoms with Crippen LogP contribution in [0.25, 0.3) is 0 Å². The molecule has 0 fully saturated rings. The average Bonchev–Trinajstić information content (AvgIpc) is 3.12. The number of benzene rings is 1. The maximum absolute atomic E-state index is 5.55. The van der Waals surface area contributed by atoms with E-state index < -0.39 is 0 Å². The summed E-state index contributed by atoms with van der Waals surface area (Å²) in [5.41, 5.74) is 3.71. The summed E-state index contributed by atoms with van der Waals surface area (Å²) in [7, 11) is 3.39. The molecule has 1 aliphatic heterocycles. The molecule has 0 amide bonds. The van der Waals surface area contributed by atoms with Crippen molar-refractivity contribution >= 4 is 29.9 Å². The number of pyridine rings is 1. The molecule has 2 heterocycles. The first-order valence-electron chi connectivity index (χ1n) is 8.46. The molecule has 6 nitrogen and oxygen atoms in total. The minimum Gasteiger partial charge on any atom is -0.493 e. The molecule has 2 N–H and O–H groups in total. The highest BCUT2D eigenvalue weighted by Gasteiger charge is 2.11. The lowest BCUT2D eigenvalue weighted by molar-refractivity contribution is 0.357. The Morgan fingerprint density at radius 2 is 2.12 bits per heavy atom. The Morgan fingerprint density at radius 1 is 1.23 bits per heavy atom. The van der Waals surface area contributed by atoms with Crippen LogP contribution in [-0.4, -0.2) is 38.3 Å². The number of nitrogens with one attached hydrogen (secondary N) is 2. The zero-order valence-corrected chi connectivity index (χ0v) is 17.4. The second-order valence-electron chi connectivity index (χ2n) is 5.85. The van der Waals surface area contributed by atoms with Crippen LogP contribution in [0.2, 0.25) is 0 Å². The number of aromatic nitrogens is 1. The molecule has 2 aromatic rings. The Bertz CT molecular complexity index is 752. The van der Waals surface area contributed by atoms with Gasteiger partial charge in [-0.1, -0.05) is 12.1 Å². The molecule has 1 aromatic carbocycles. The molecule has 26 heavy (non-hydrogen) atoms. The second-order valence-corrected chi connectivity index (χ2v) is 5.85. The predicted molar refractivity (Wildman–Crippen MR) is 114 cm³/mol. The zero-order valence-electron chi connectivity index (χ0n) is 15.1. The first-order chi connectivity index (χ1) is 12.3. The van der Waals surface area contributed by atoms with Crippen molar-refractivity contribution in [1.29, 1.82) is 0 Å². The Morgan fingerprint density at radius 3 is 2.92 bits per heavy atom. The molecule has 0 aliphatic carbocycles. The third-order valence-electron chi connectivity index (χ3n) is 4.15. The van der Waals surface area contributed by atoms with Gasteiger partial charge >= 0.3 is 0 Å². The van der Waals surface area contributed by atoms with Crippen molar-refractivity contribution in [1.82, 2.24) is 15.6 Å². The van der Waals surface area contributed by atoms with Crippen LogP contribution in [0.3, 0.4) is 0 Å². The minimum atomic E-state index is 0. The van der Waals surface area contributed by atoms with E-state index >= 15 is 0 Å². The van der Waals surface area contributed by atoms with Gasteiger partial charge in [-0.2, -0.15) is 0 Å². The average molecular weight is 468 g/mol. The fourth-order valence-electron chi connectivity index (χ4n) is 2.80. The van der Waals surface area contributed by atoms with Gasteiger partial charge in [0, 0.05) is 38.8 Å². The number of halogens is 1. The van der Waals surface area contributed by atoms with Gasteiger partial charge in [0.25, 0.3) is 0 Å². The summed E-state index contributed by atoms with van der Waals surface area (Å²) in [6.07, 6.45) is 3.69. The molecule has 0 unspecified atom stereocenters. The molecule has 0 saturated carbocycles. The Labute approximate surface area is 171 Å². The van der Waals surface area contributed by atoms with E-state index in [9.17, 15) is 0 Å². The molecule has 0 atom stereocenters. The van der Waals surface area contributed by atoms with Crippen molar-refractivity contribution in [2.24, 2.45) is 4.99 Å². The Hall–Kier alpha value is -2.03. The number of guanidine groups is 1.